The van der Waals surface area contributed by atoms with E-state index in [1.54, 1.807) is 0 Å². The average Bonchev–Trinajstić information content (AvgIpc) is 2.78. The number of fused-ring (bicyclic) bond motifs is 1. The molecule has 2 aromatic rings. The minimum atomic E-state index is 0.322. The Morgan fingerprint density at radius 2 is 2.06 bits per heavy atom. The molecule has 0 fully saturated rings. The third kappa shape index (κ3) is 2.44. The van der Waals surface area contributed by atoms with Crippen LogP contribution >= 0.6 is 0 Å². The Kier molecular flexibility index (Phi) is 4.07. The van der Waals surface area contributed by atoms with Gasteiger partial charge in [-0.1, -0.05) is 45.4 Å². The minimum Gasteiger partial charge on any atom is -0.459 e. The van der Waals surface area contributed by atoms with Crippen LogP contribution in [0.25, 0.3) is 11.0 Å². The van der Waals surface area contributed by atoms with Crippen LogP contribution in [0, 0.1) is 0 Å². The quantitative estimate of drug-likeness (QED) is 0.831. The van der Waals surface area contributed by atoms with Gasteiger partial charge in [-0.3, -0.25) is 0 Å². The monoisotopic (exact) mass is 245 g/mol. The summed E-state index contributed by atoms with van der Waals surface area (Å²) in [4.78, 5) is 0. The molecule has 0 bridgehead atoms. The van der Waals surface area contributed by atoms with Crippen LogP contribution in [0.2, 0.25) is 0 Å². The molecule has 1 unspecified atom stereocenters. The van der Waals surface area contributed by atoms with Crippen molar-refractivity contribution in [3.63, 3.8) is 0 Å². The molecule has 18 heavy (non-hydrogen) atoms. The molecule has 1 aromatic carbocycles. The van der Waals surface area contributed by atoms with Gasteiger partial charge >= 0.3 is 0 Å². The van der Waals surface area contributed by atoms with Gasteiger partial charge in [0.25, 0.3) is 0 Å². The average molecular weight is 245 g/mol. The maximum absolute atomic E-state index is 6.10. The third-order valence-corrected chi connectivity index (χ3v) is 3.48. The van der Waals surface area contributed by atoms with Crippen LogP contribution < -0.4 is 5.32 Å². The Morgan fingerprint density at radius 1 is 1.28 bits per heavy atom. The molecule has 0 aliphatic carbocycles. The molecule has 1 heterocycles. The van der Waals surface area contributed by atoms with Crippen LogP contribution in [0.15, 0.2) is 28.7 Å². The molecule has 0 saturated carbocycles. The second-order valence-electron chi connectivity index (χ2n) is 5.20. The molecule has 2 rings (SSSR count). The number of nitrogens with one attached hydrogen (secondary N) is 1. The summed E-state index contributed by atoms with van der Waals surface area (Å²) in [5, 5.41) is 4.55. The summed E-state index contributed by atoms with van der Waals surface area (Å²) < 4.78 is 6.10. The predicted molar refractivity (Wildman–Crippen MR) is 77.0 cm³/mol. The molecule has 0 radical (unpaired) electrons. The molecule has 1 atom stereocenters. The summed E-state index contributed by atoms with van der Waals surface area (Å²) in [6, 6.07) is 8.91. The fourth-order valence-corrected chi connectivity index (χ4v) is 2.45. The lowest BCUT2D eigenvalue weighted by atomic mass is 10.0. The Hall–Kier alpha value is -1.28. The van der Waals surface area contributed by atoms with Gasteiger partial charge in [0.1, 0.15) is 11.3 Å². The molecule has 0 aliphatic heterocycles. The summed E-state index contributed by atoms with van der Waals surface area (Å²) in [7, 11) is 2.00. The first-order valence-corrected chi connectivity index (χ1v) is 6.87. The highest BCUT2D eigenvalue weighted by Crippen LogP contribution is 2.31. The third-order valence-electron chi connectivity index (χ3n) is 3.48. The smallest absolute Gasteiger partial charge is 0.137 e. The second kappa shape index (κ2) is 5.57. The van der Waals surface area contributed by atoms with Gasteiger partial charge in [0, 0.05) is 5.39 Å². The highest BCUT2D eigenvalue weighted by molar-refractivity contribution is 5.81. The number of hydrogen-bond donors (Lipinski definition) is 1. The van der Waals surface area contributed by atoms with Crippen molar-refractivity contribution in [2.24, 2.45) is 0 Å². The molecule has 2 nitrogen and oxygen atoms in total. The minimum absolute atomic E-state index is 0.322. The van der Waals surface area contributed by atoms with Crippen molar-refractivity contribution in [3.05, 3.63) is 35.6 Å². The largest absolute Gasteiger partial charge is 0.459 e. The van der Waals surface area contributed by atoms with Crippen molar-refractivity contribution in [3.8, 4) is 0 Å². The van der Waals surface area contributed by atoms with Gasteiger partial charge in [-0.25, -0.2) is 0 Å². The van der Waals surface area contributed by atoms with Gasteiger partial charge in [0.2, 0.25) is 0 Å². The van der Waals surface area contributed by atoms with E-state index in [9.17, 15) is 0 Å². The summed E-state index contributed by atoms with van der Waals surface area (Å²) in [6.07, 6.45) is 2.26. The Morgan fingerprint density at radius 3 is 2.67 bits per heavy atom. The van der Waals surface area contributed by atoms with E-state index in [0.29, 0.717) is 12.0 Å². The molecular weight excluding hydrogens is 222 g/mol. The summed E-state index contributed by atoms with van der Waals surface area (Å²) in [6.45, 7) is 6.61. The van der Waals surface area contributed by atoms with E-state index in [1.807, 2.05) is 7.05 Å². The molecule has 1 aromatic heterocycles. The predicted octanol–water partition coefficient (Wildman–Crippen LogP) is 4.62. The fraction of sp³-hybridized carbons (Fsp3) is 0.500. The van der Waals surface area contributed by atoms with Crippen LogP contribution in [-0.2, 0) is 0 Å². The SMILES string of the molecule is CCCC(NC)c1cc2cccc(C(C)C)c2o1. The molecule has 1 N–H and O–H groups in total. The second-order valence-corrected chi connectivity index (χ2v) is 5.20. The van der Waals surface area contributed by atoms with E-state index in [0.717, 1.165) is 24.2 Å². The normalized spacial score (nSPS) is 13.4. The lowest BCUT2D eigenvalue weighted by molar-refractivity contribution is 0.428. The van der Waals surface area contributed by atoms with Gasteiger partial charge in [-0.15, -0.1) is 0 Å². The molecule has 0 saturated heterocycles. The zero-order chi connectivity index (χ0) is 13.1. The highest BCUT2D eigenvalue weighted by Gasteiger charge is 2.16. The van der Waals surface area contributed by atoms with Crippen LogP contribution in [0.5, 0.6) is 0 Å². The fourth-order valence-electron chi connectivity index (χ4n) is 2.45. The molecule has 2 heteroatoms. The van der Waals surface area contributed by atoms with Crippen molar-refractivity contribution in [2.75, 3.05) is 7.05 Å². The number of para-hydroxylation sites is 1. The zero-order valence-corrected chi connectivity index (χ0v) is 11.8. The van der Waals surface area contributed by atoms with Gasteiger partial charge in [-0.2, -0.15) is 0 Å². The Balaban J connectivity index is 2.46. The maximum Gasteiger partial charge on any atom is 0.137 e. The van der Waals surface area contributed by atoms with Crippen LogP contribution in [0.3, 0.4) is 0 Å². The first-order valence-electron chi connectivity index (χ1n) is 6.87. The number of furan rings is 1. The molecule has 98 valence electrons. The maximum atomic E-state index is 6.10. The van der Waals surface area contributed by atoms with E-state index in [2.05, 4.69) is 50.4 Å². The summed E-state index contributed by atoms with van der Waals surface area (Å²) in [5.41, 5.74) is 2.35. The van der Waals surface area contributed by atoms with E-state index >= 15 is 0 Å². The molecule has 0 aliphatic rings. The van der Waals surface area contributed by atoms with Crippen molar-refractivity contribution in [1.29, 1.82) is 0 Å². The Labute approximate surface area is 109 Å². The lowest BCUT2D eigenvalue weighted by Crippen LogP contribution is -2.15. The van der Waals surface area contributed by atoms with Crippen molar-refractivity contribution < 1.29 is 4.42 Å². The van der Waals surface area contributed by atoms with Crippen molar-refractivity contribution >= 4 is 11.0 Å². The van der Waals surface area contributed by atoms with Crippen molar-refractivity contribution in [1.82, 2.24) is 5.32 Å². The van der Waals surface area contributed by atoms with Crippen LogP contribution in [0.1, 0.15) is 56.9 Å². The number of hydrogen-bond acceptors (Lipinski definition) is 2. The van der Waals surface area contributed by atoms with E-state index < -0.39 is 0 Å². The van der Waals surface area contributed by atoms with E-state index in [4.69, 9.17) is 4.42 Å². The number of rotatable bonds is 5. The topological polar surface area (TPSA) is 25.2 Å². The highest BCUT2D eigenvalue weighted by atomic mass is 16.3. The first-order chi connectivity index (χ1) is 8.67. The zero-order valence-electron chi connectivity index (χ0n) is 11.8. The standard InChI is InChI=1S/C16H23NO/c1-5-7-14(17-4)15-10-12-8-6-9-13(11(2)3)16(12)18-15/h6,8-11,14,17H,5,7H2,1-4H3. The van der Waals surface area contributed by atoms with Crippen molar-refractivity contribution in [2.45, 2.75) is 45.6 Å². The van der Waals surface area contributed by atoms with Crippen LogP contribution in [-0.4, -0.2) is 7.05 Å². The first kappa shape index (κ1) is 13.2. The summed E-state index contributed by atoms with van der Waals surface area (Å²) in [5.74, 6) is 1.55. The van der Waals surface area contributed by atoms with Crippen LogP contribution in [0.4, 0.5) is 0 Å². The van der Waals surface area contributed by atoms with Gasteiger partial charge in [0.05, 0.1) is 6.04 Å². The molecule has 0 amide bonds. The lowest BCUT2D eigenvalue weighted by Gasteiger charge is -2.11. The van der Waals surface area contributed by atoms with Gasteiger partial charge in [-0.05, 0) is 31.0 Å². The van der Waals surface area contributed by atoms with Gasteiger partial charge < -0.3 is 9.73 Å². The molecule has 0 spiro atoms. The summed E-state index contributed by atoms with van der Waals surface area (Å²) >= 11 is 0. The van der Waals surface area contributed by atoms with E-state index in [-0.39, 0.29) is 0 Å². The van der Waals surface area contributed by atoms with E-state index in [1.165, 1.54) is 10.9 Å². The molecular formula is C16H23NO. The van der Waals surface area contributed by atoms with Gasteiger partial charge in [0.15, 0.2) is 0 Å². The number of benzene rings is 1. The Bertz CT molecular complexity index is 513.